The minimum absolute atomic E-state index is 0.0166. The Labute approximate surface area is 114 Å². The zero-order valence-corrected chi connectivity index (χ0v) is 11.8. The van der Waals surface area contributed by atoms with E-state index in [9.17, 15) is 4.79 Å². The molecule has 0 fully saturated rings. The van der Waals surface area contributed by atoms with Crippen LogP contribution in [0.15, 0.2) is 18.3 Å². The Morgan fingerprint density at radius 1 is 1.53 bits per heavy atom. The molecule has 19 heavy (non-hydrogen) atoms. The lowest BCUT2D eigenvalue weighted by molar-refractivity contribution is 0.145. The first-order valence-corrected chi connectivity index (χ1v) is 6.96. The zero-order chi connectivity index (χ0) is 13.7. The molecule has 0 radical (unpaired) electrons. The summed E-state index contributed by atoms with van der Waals surface area (Å²) in [5.74, 6) is 0. The van der Waals surface area contributed by atoms with Crippen molar-refractivity contribution in [1.82, 2.24) is 14.8 Å². The molecule has 1 aliphatic rings. The number of nitrogens with zero attached hydrogens (tertiary/aromatic N) is 2. The summed E-state index contributed by atoms with van der Waals surface area (Å²) >= 11 is 0. The Bertz CT molecular complexity index is 417. The standard InChI is InChI=1S/C14H23N3O2/c1-3-5-13-12-6-4-8-16(12)9-10-17(13)14(18)15-7-11-19-2/h4,6,8,13H,3,5,7,9-11H2,1-2H3,(H,15,18)/t13-/m0/s1. The van der Waals surface area contributed by atoms with Gasteiger partial charge in [0.1, 0.15) is 0 Å². The van der Waals surface area contributed by atoms with Gasteiger partial charge in [-0.2, -0.15) is 0 Å². The quantitative estimate of drug-likeness (QED) is 0.828. The topological polar surface area (TPSA) is 46.5 Å². The highest BCUT2D eigenvalue weighted by atomic mass is 16.5. The van der Waals surface area contributed by atoms with E-state index < -0.39 is 0 Å². The number of methoxy groups -OCH3 is 1. The summed E-state index contributed by atoms with van der Waals surface area (Å²) in [5.41, 5.74) is 1.25. The van der Waals surface area contributed by atoms with Crippen LogP contribution in [0.2, 0.25) is 0 Å². The van der Waals surface area contributed by atoms with E-state index in [1.54, 1.807) is 7.11 Å². The first-order chi connectivity index (χ1) is 9.27. The van der Waals surface area contributed by atoms with Gasteiger partial charge in [0.15, 0.2) is 0 Å². The molecule has 0 saturated heterocycles. The van der Waals surface area contributed by atoms with Crippen molar-refractivity contribution in [3.63, 3.8) is 0 Å². The van der Waals surface area contributed by atoms with Crippen molar-refractivity contribution in [3.05, 3.63) is 24.0 Å². The van der Waals surface area contributed by atoms with E-state index in [2.05, 4.69) is 35.1 Å². The van der Waals surface area contributed by atoms with Gasteiger partial charge in [-0.25, -0.2) is 4.79 Å². The van der Waals surface area contributed by atoms with Gasteiger partial charge in [-0.3, -0.25) is 0 Å². The molecule has 1 aliphatic heterocycles. The Kier molecular flexibility index (Phi) is 4.85. The van der Waals surface area contributed by atoms with Crippen LogP contribution in [-0.4, -0.2) is 42.3 Å². The Morgan fingerprint density at radius 2 is 2.37 bits per heavy atom. The summed E-state index contributed by atoms with van der Waals surface area (Å²) in [6.45, 7) is 4.91. The number of amides is 2. The zero-order valence-electron chi connectivity index (χ0n) is 11.8. The van der Waals surface area contributed by atoms with Crippen molar-refractivity contribution in [3.8, 4) is 0 Å². The van der Waals surface area contributed by atoms with Crippen molar-refractivity contribution >= 4 is 6.03 Å². The van der Waals surface area contributed by atoms with Gasteiger partial charge in [-0.1, -0.05) is 13.3 Å². The normalized spacial score (nSPS) is 18.2. The molecule has 1 N–H and O–H groups in total. The fourth-order valence-electron chi connectivity index (χ4n) is 2.65. The molecule has 1 aromatic rings. The summed E-state index contributed by atoms with van der Waals surface area (Å²) in [7, 11) is 1.64. The number of hydrogen-bond donors (Lipinski definition) is 1. The molecule has 1 atom stereocenters. The van der Waals surface area contributed by atoms with Crippen molar-refractivity contribution < 1.29 is 9.53 Å². The van der Waals surface area contributed by atoms with Crippen molar-refractivity contribution in [1.29, 1.82) is 0 Å². The number of carbonyl (C=O) groups is 1. The third-order valence-corrected chi connectivity index (χ3v) is 3.57. The highest BCUT2D eigenvalue weighted by Crippen LogP contribution is 2.29. The molecule has 106 valence electrons. The van der Waals surface area contributed by atoms with Crippen LogP contribution in [0, 0.1) is 0 Å². The maximum Gasteiger partial charge on any atom is 0.318 e. The smallest absolute Gasteiger partial charge is 0.318 e. The lowest BCUT2D eigenvalue weighted by atomic mass is 10.0. The van der Waals surface area contributed by atoms with Crippen molar-refractivity contribution in [2.45, 2.75) is 32.4 Å². The monoisotopic (exact) mass is 265 g/mol. The number of rotatable bonds is 5. The second kappa shape index (κ2) is 6.61. The van der Waals surface area contributed by atoms with E-state index in [1.807, 2.05) is 4.90 Å². The van der Waals surface area contributed by atoms with Crippen LogP contribution in [0.25, 0.3) is 0 Å². The van der Waals surface area contributed by atoms with Crippen molar-refractivity contribution in [2.75, 3.05) is 26.8 Å². The van der Waals surface area contributed by atoms with E-state index in [1.165, 1.54) is 5.69 Å². The minimum Gasteiger partial charge on any atom is -0.383 e. The maximum atomic E-state index is 12.2. The molecule has 0 aliphatic carbocycles. The van der Waals surface area contributed by atoms with Gasteiger partial charge in [0.2, 0.25) is 0 Å². The van der Waals surface area contributed by atoms with Crippen LogP contribution in [0.3, 0.4) is 0 Å². The fourth-order valence-corrected chi connectivity index (χ4v) is 2.65. The second-order valence-electron chi connectivity index (χ2n) is 4.85. The first-order valence-electron chi connectivity index (χ1n) is 6.96. The summed E-state index contributed by atoms with van der Waals surface area (Å²) in [4.78, 5) is 14.2. The van der Waals surface area contributed by atoms with Crippen LogP contribution < -0.4 is 5.32 Å². The SMILES string of the molecule is CCC[C@H]1c2cccn2CCN1C(=O)NCCOC. The predicted molar refractivity (Wildman–Crippen MR) is 74.1 cm³/mol. The van der Waals surface area contributed by atoms with E-state index in [0.29, 0.717) is 13.2 Å². The van der Waals surface area contributed by atoms with Crippen LogP contribution in [0.1, 0.15) is 31.5 Å². The number of fused-ring (bicyclic) bond motifs is 1. The van der Waals surface area contributed by atoms with Gasteiger partial charge in [0.25, 0.3) is 0 Å². The summed E-state index contributed by atoms with van der Waals surface area (Å²) < 4.78 is 7.21. The van der Waals surface area contributed by atoms with Crippen LogP contribution in [0.4, 0.5) is 4.79 Å². The number of nitrogens with one attached hydrogen (secondary N) is 1. The summed E-state index contributed by atoms with van der Waals surface area (Å²) in [5, 5.41) is 2.92. The Hall–Kier alpha value is -1.49. The van der Waals surface area contributed by atoms with E-state index >= 15 is 0 Å². The first kappa shape index (κ1) is 13.9. The molecule has 2 heterocycles. The van der Waals surface area contributed by atoms with E-state index in [4.69, 9.17) is 4.74 Å². The lowest BCUT2D eigenvalue weighted by Gasteiger charge is -2.37. The molecule has 0 bridgehead atoms. The molecule has 5 nitrogen and oxygen atoms in total. The van der Waals surface area contributed by atoms with Gasteiger partial charge >= 0.3 is 6.03 Å². The minimum atomic E-state index is 0.0166. The van der Waals surface area contributed by atoms with Gasteiger partial charge in [0.05, 0.1) is 12.6 Å². The molecule has 0 unspecified atom stereocenters. The maximum absolute atomic E-state index is 12.2. The van der Waals surface area contributed by atoms with E-state index in [-0.39, 0.29) is 12.1 Å². The van der Waals surface area contributed by atoms with Gasteiger partial charge in [0, 0.05) is 38.6 Å². The third-order valence-electron chi connectivity index (χ3n) is 3.57. The molecule has 0 aromatic carbocycles. The Morgan fingerprint density at radius 3 is 3.11 bits per heavy atom. The Balaban J connectivity index is 2.05. The third kappa shape index (κ3) is 3.10. The molecule has 5 heteroatoms. The molecule has 0 spiro atoms. The van der Waals surface area contributed by atoms with Gasteiger partial charge in [-0.15, -0.1) is 0 Å². The lowest BCUT2D eigenvalue weighted by Crippen LogP contribution is -2.47. The molecule has 2 amide bonds. The predicted octanol–water partition coefficient (Wildman–Crippen LogP) is 2.00. The average molecular weight is 265 g/mol. The van der Waals surface area contributed by atoms with Gasteiger partial charge < -0.3 is 19.5 Å². The number of hydrogen-bond acceptors (Lipinski definition) is 2. The number of urea groups is 1. The van der Waals surface area contributed by atoms with Gasteiger partial charge in [-0.05, 0) is 18.6 Å². The molecule has 0 saturated carbocycles. The van der Waals surface area contributed by atoms with E-state index in [0.717, 1.165) is 25.9 Å². The summed E-state index contributed by atoms with van der Waals surface area (Å²) in [6.07, 6.45) is 4.16. The molecule has 2 rings (SSSR count). The number of aromatic nitrogens is 1. The van der Waals surface area contributed by atoms with Crippen LogP contribution in [-0.2, 0) is 11.3 Å². The molecule has 1 aromatic heterocycles. The average Bonchev–Trinajstić information content (AvgIpc) is 2.88. The number of carbonyl (C=O) groups excluding carboxylic acids is 1. The highest BCUT2D eigenvalue weighted by molar-refractivity contribution is 5.74. The molecular weight excluding hydrogens is 242 g/mol. The van der Waals surface area contributed by atoms with Crippen LogP contribution >= 0.6 is 0 Å². The highest BCUT2D eigenvalue weighted by Gasteiger charge is 2.29. The molecular formula is C14H23N3O2. The largest absolute Gasteiger partial charge is 0.383 e. The summed E-state index contributed by atoms with van der Waals surface area (Å²) in [6, 6.07) is 4.39. The van der Waals surface area contributed by atoms with Crippen molar-refractivity contribution in [2.24, 2.45) is 0 Å². The fraction of sp³-hybridized carbons (Fsp3) is 0.643. The van der Waals surface area contributed by atoms with Crippen LogP contribution in [0.5, 0.6) is 0 Å². The second-order valence-corrected chi connectivity index (χ2v) is 4.85. The number of ether oxygens (including phenoxy) is 1.